The molecule has 0 N–H and O–H groups in total. The first-order valence-electron chi connectivity index (χ1n) is 6.65. The van der Waals surface area contributed by atoms with Gasteiger partial charge in [-0.1, -0.05) is 47.3 Å². The fourth-order valence-electron chi connectivity index (χ4n) is 2.34. The molecule has 21 heavy (non-hydrogen) atoms. The molecular formula is C15H16N4OS. The topological polar surface area (TPSA) is 56.7 Å². The van der Waals surface area contributed by atoms with Gasteiger partial charge >= 0.3 is 0 Å². The Labute approximate surface area is 127 Å². The van der Waals surface area contributed by atoms with Crippen molar-refractivity contribution in [2.75, 3.05) is 6.26 Å². The van der Waals surface area contributed by atoms with Gasteiger partial charge in [0.25, 0.3) is 0 Å². The molecule has 0 radical (unpaired) electrons. The SMILES string of the molecule is CSc1nnc(-c2c(C)noc2C)n1Cc1ccccc1. The summed E-state index contributed by atoms with van der Waals surface area (Å²) in [6.07, 6.45) is 2.00. The summed E-state index contributed by atoms with van der Waals surface area (Å²) in [5.74, 6) is 1.57. The van der Waals surface area contributed by atoms with Crippen molar-refractivity contribution in [2.24, 2.45) is 0 Å². The van der Waals surface area contributed by atoms with Crippen LogP contribution in [0.5, 0.6) is 0 Å². The number of hydrogen-bond donors (Lipinski definition) is 0. The Morgan fingerprint density at radius 3 is 2.52 bits per heavy atom. The van der Waals surface area contributed by atoms with Gasteiger partial charge in [-0.25, -0.2) is 0 Å². The molecule has 0 fully saturated rings. The van der Waals surface area contributed by atoms with Crippen molar-refractivity contribution in [3.63, 3.8) is 0 Å². The van der Waals surface area contributed by atoms with Crippen LogP contribution in [-0.4, -0.2) is 26.2 Å². The average Bonchev–Trinajstić information content (AvgIpc) is 3.03. The molecule has 0 saturated carbocycles. The standard InChI is InChI=1S/C15H16N4OS/c1-10-13(11(2)20-18-10)14-16-17-15(21-3)19(14)9-12-7-5-4-6-8-12/h4-8H,9H2,1-3H3. The summed E-state index contributed by atoms with van der Waals surface area (Å²) in [6.45, 7) is 4.55. The Bertz CT molecular complexity index is 729. The molecular weight excluding hydrogens is 284 g/mol. The maximum Gasteiger partial charge on any atom is 0.191 e. The summed E-state index contributed by atoms with van der Waals surface area (Å²) in [4.78, 5) is 0. The number of aromatic nitrogens is 4. The molecule has 0 unspecified atom stereocenters. The smallest absolute Gasteiger partial charge is 0.191 e. The van der Waals surface area contributed by atoms with Crippen LogP contribution in [0.25, 0.3) is 11.4 Å². The lowest BCUT2D eigenvalue weighted by atomic mass is 10.2. The maximum absolute atomic E-state index is 5.26. The van der Waals surface area contributed by atoms with E-state index in [1.807, 2.05) is 38.3 Å². The third-order valence-electron chi connectivity index (χ3n) is 3.34. The zero-order chi connectivity index (χ0) is 14.8. The van der Waals surface area contributed by atoms with E-state index in [-0.39, 0.29) is 0 Å². The summed E-state index contributed by atoms with van der Waals surface area (Å²) in [5.41, 5.74) is 2.97. The van der Waals surface area contributed by atoms with Gasteiger partial charge in [0.05, 0.1) is 17.8 Å². The lowest BCUT2D eigenvalue weighted by Gasteiger charge is -2.09. The molecule has 5 nitrogen and oxygen atoms in total. The number of thioether (sulfide) groups is 1. The lowest BCUT2D eigenvalue weighted by Crippen LogP contribution is -2.04. The fourth-order valence-corrected chi connectivity index (χ4v) is 2.83. The van der Waals surface area contributed by atoms with Gasteiger partial charge < -0.3 is 4.52 Å². The third kappa shape index (κ3) is 2.58. The summed E-state index contributed by atoms with van der Waals surface area (Å²) in [7, 11) is 0. The van der Waals surface area contributed by atoms with Crippen molar-refractivity contribution in [3.8, 4) is 11.4 Å². The minimum Gasteiger partial charge on any atom is -0.361 e. The van der Waals surface area contributed by atoms with Crippen molar-refractivity contribution in [3.05, 3.63) is 47.3 Å². The van der Waals surface area contributed by atoms with Gasteiger partial charge in [-0.2, -0.15) is 0 Å². The fraction of sp³-hybridized carbons (Fsp3) is 0.267. The van der Waals surface area contributed by atoms with E-state index in [0.717, 1.165) is 34.5 Å². The second-order valence-corrected chi connectivity index (χ2v) is 5.55. The molecule has 0 aliphatic rings. The van der Waals surface area contributed by atoms with Gasteiger partial charge in [-0.05, 0) is 25.7 Å². The van der Waals surface area contributed by atoms with Crippen LogP contribution in [-0.2, 0) is 6.54 Å². The summed E-state index contributed by atoms with van der Waals surface area (Å²) in [6, 6.07) is 10.3. The number of nitrogens with zero attached hydrogens (tertiary/aromatic N) is 4. The number of rotatable bonds is 4. The third-order valence-corrected chi connectivity index (χ3v) is 4.01. The predicted molar refractivity (Wildman–Crippen MR) is 82.3 cm³/mol. The highest BCUT2D eigenvalue weighted by molar-refractivity contribution is 7.98. The van der Waals surface area contributed by atoms with E-state index in [4.69, 9.17) is 4.52 Å². The van der Waals surface area contributed by atoms with Gasteiger partial charge in [-0.15, -0.1) is 10.2 Å². The molecule has 2 heterocycles. The van der Waals surface area contributed by atoms with Crippen molar-refractivity contribution < 1.29 is 4.52 Å². The molecule has 0 saturated heterocycles. The van der Waals surface area contributed by atoms with Gasteiger partial charge in [-0.3, -0.25) is 4.57 Å². The Kier molecular flexibility index (Phi) is 3.79. The summed E-state index contributed by atoms with van der Waals surface area (Å²) >= 11 is 1.58. The van der Waals surface area contributed by atoms with Crippen LogP contribution in [0, 0.1) is 13.8 Å². The highest BCUT2D eigenvalue weighted by Crippen LogP contribution is 2.28. The van der Waals surface area contributed by atoms with Crippen LogP contribution in [0.15, 0.2) is 40.0 Å². The van der Waals surface area contributed by atoms with Crippen molar-refractivity contribution >= 4 is 11.8 Å². The number of hydrogen-bond acceptors (Lipinski definition) is 5. The van der Waals surface area contributed by atoms with E-state index in [0.29, 0.717) is 0 Å². The zero-order valence-electron chi connectivity index (χ0n) is 12.2. The second-order valence-electron chi connectivity index (χ2n) is 4.78. The van der Waals surface area contributed by atoms with Crippen LogP contribution in [0.4, 0.5) is 0 Å². The normalized spacial score (nSPS) is 11.0. The van der Waals surface area contributed by atoms with Gasteiger partial charge in [0.15, 0.2) is 11.0 Å². The van der Waals surface area contributed by atoms with Crippen LogP contribution >= 0.6 is 11.8 Å². The highest BCUT2D eigenvalue weighted by atomic mass is 32.2. The van der Waals surface area contributed by atoms with Crippen molar-refractivity contribution in [1.82, 2.24) is 19.9 Å². The van der Waals surface area contributed by atoms with E-state index < -0.39 is 0 Å². The van der Waals surface area contributed by atoms with E-state index in [1.165, 1.54) is 5.56 Å². The molecule has 6 heteroatoms. The molecule has 0 spiro atoms. The largest absolute Gasteiger partial charge is 0.361 e. The maximum atomic E-state index is 5.26. The van der Waals surface area contributed by atoms with E-state index in [1.54, 1.807) is 11.8 Å². The molecule has 3 aromatic rings. The molecule has 108 valence electrons. The molecule has 2 aromatic heterocycles. The van der Waals surface area contributed by atoms with Gasteiger partial charge in [0, 0.05) is 0 Å². The minimum absolute atomic E-state index is 0.726. The lowest BCUT2D eigenvalue weighted by molar-refractivity contribution is 0.393. The minimum atomic E-state index is 0.726. The average molecular weight is 300 g/mol. The van der Waals surface area contributed by atoms with Crippen LogP contribution in [0.3, 0.4) is 0 Å². The number of aryl methyl sites for hydroxylation is 2. The van der Waals surface area contributed by atoms with Gasteiger partial charge in [0.1, 0.15) is 5.76 Å². The monoisotopic (exact) mass is 300 g/mol. The quantitative estimate of drug-likeness (QED) is 0.692. The van der Waals surface area contributed by atoms with Gasteiger partial charge in [0.2, 0.25) is 0 Å². The Morgan fingerprint density at radius 2 is 1.90 bits per heavy atom. The van der Waals surface area contributed by atoms with Crippen LogP contribution in [0.2, 0.25) is 0 Å². The number of benzene rings is 1. The van der Waals surface area contributed by atoms with Crippen LogP contribution in [0.1, 0.15) is 17.0 Å². The second kappa shape index (κ2) is 5.73. The van der Waals surface area contributed by atoms with Crippen molar-refractivity contribution in [1.29, 1.82) is 0 Å². The molecule has 0 bridgehead atoms. The highest BCUT2D eigenvalue weighted by Gasteiger charge is 2.20. The summed E-state index contributed by atoms with van der Waals surface area (Å²) in [5, 5.41) is 13.5. The first-order valence-corrected chi connectivity index (χ1v) is 7.87. The molecule has 0 aliphatic heterocycles. The molecule has 0 amide bonds. The summed E-state index contributed by atoms with van der Waals surface area (Å²) < 4.78 is 7.36. The van der Waals surface area contributed by atoms with Crippen LogP contribution < -0.4 is 0 Å². The first-order chi connectivity index (χ1) is 10.2. The van der Waals surface area contributed by atoms with Crippen molar-refractivity contribution in [2.45, 2.75) is 25.5 Å². The molecule has 1 aromatic carbocycles. The molecule has 0 aliphatic carbocycles. The Balaban J connectivity index is 2.09. The Morgan fingerprint density at radius 1 is 1.14 bits per heavy atom. The first kappa shape index (κ1) is 13.9. The van der Waals surface area contributed by atoms with E-state index in [2.05, 4.69) is 32.1 Å². The molecule has 3 rings (SSSR count). The molecule has 0 atom stereocenters. The predicted octanol–water partition coefficient (Wildman–Crippen LogP) is 3.32. The Hall–Kier alpha value is -2.08. The van der Waals surface area contributed by atoms with E-state index in [9.17, 15) is 0 Å². The van der Waals surface area contributed by atoms with E-state index >= 15 is 0 Å². The zero-order valence-corrected chi connectivity index (χ0v) is 13.0.